The van der Waals surface area contributed by atoms with Crippen LogP contribution in [0.15, 0.2) is 0 Å². The molecule has 0 fully saturated rings. The predicted octanol–water partition coefficient (Wildman–Crippen LogP) is -0.501. The number of hydrogen-bond donors (Lipinski definition) is 4. The Bertz CT molecular complexity index is 70.1. The normalized spacial score (nSPS) is 4.36. The third-order valence-corrected chi connectivity index (χ3v) is 0. The first-order valence-corrected chi connectivity index (χ1v) is 1.30. The van der Waals surface area contributed by atoms with Crippen LogP contribution < -0.4 is 0 Å². The van der Waals surface area contributed by atoms with E-state index in [2.05, 4.69) is 0 Å². The van der Waals surface area contributed by atoms with Crippen LogP contribution in [0.3, 0.4) is 0 Å². The van der Waals surface area contributed by atoms with Crippen LogP contribution in [-0.4, -0.2) is 38.2 Å². The molecule has 0 amide bonds. The number of rotatable bonds is 0. The Morgan fingerprint density at radius 3 is 0.818 bits per heavy atom. The van der Waals surface area contributed by atoms with Gasteiger partial charge in [0, 0.05) is 31.7 Å². The first-order chi connectivity index (χ1) is 3.46. The van der Waals surface area contributed by atoms with Crippen molar-refractivity contribution in [2.75, 3.05) is 0 Å². The second-order valence-electron chi connectivity index (χ2n) is 0.565. The van der Waals surface area contributed by atoms with Gasteiger partial charge in [0.2, 0.25) is 0 Å². The summed E-state index contributed by atoms with van der Waals surface area (Å²) in [7, 11) is 0. The van der Waals surface area contributed by atoms with Gasteiger partial charge < -0.3 is 25.9 Å². The second-order valence-corrected chi connectivity index (χ2v) is 0.565. The van der Waals surface area contributed by atoms with Gasteiger partial charge in [0.05, 0.1) is 0 Å². The van der Waals surface area contributed by atoms with Crippen LogP contribution in [0.25, 0.3) is 0 Å². The van der Waals surface area contributed by atoms with E-state index in [9.17, 15) is 0 Å². The van der Waals surface area contributed by atoms with Crippen molar-refractivity contribution in [1.29, 1.82) is 0 Å². The van der Waals surface area contributed by atoms with Crippen LogP contribution in [0.2, 0.25) is 0 Å². The Morgan fingerprint density at radius 2 is 0.818 bits per heavy atom. The van der Waals surface area contributed by atoms with Gasteiger partial charge in [0.25, 0.3) is 0 Å². The van der Waals surface area contributed by atoms with E-state index in [1.54, 1.807) is 0 Å². The first kappa shape index (κ1) is 31.6. The zero-order chi connectivity index (χ0) is 7.15. The third-order valence-electron chi connectivity index (χ3n) is 0. The van der Waals surface area contributed by atoms with E-state index >= 15 is 0 Å². The molecule has 0 aromatic rings. The van der Waals surface area contributed by atoms with Gasteiger partial charge in [-0.15, -0.1) is 0 Å². The van der Waals surface area contributed by atoms with E-state index in [-0.39, 0.29) is 37.2 Å². The average molecular weight is 249 g/mol. The Kier molecular flexibility index (Phi) is 65.5. The maximum absolute atomic E-state index is 8.56. The Labute approximate surface area is 79.8 Å². The van der Waals surface area contributed by atoms with E-state index < -0.39 is 12.3 Å². The topological polar surface area (TPSA) is 175 Å². The van der Waals surface area contributed by atoms with Gasteiger partial charge in [0.1, 0.15) is 0 Å². The summed E-state index contributed by atoms with van der Waals surface area (Å²) in [6.45, 7) is 0. The smallest absolute Gasteiger partial charge is 0.450 e. The largest absolute Gasteiger partial charge is 0.503 e. The van der Waals surface area contributed by atoms with Crippen molar-refractivity contribution in [3.63, 3.8) is 0 Å². The molecule has 8 nitrogen and oxygen atoms in total. The Balaban J connectivity index is -0.0000000171. The molecule has 0 spiro atoms. The van der Waals surface area contributed by atoms with Crippen LogP contribution in [0.5, 0.6) is 0 Å². The molecule has 2 radical (unpaired) electrons. The summed E-state index contributed by atoms with van der Waals surface area (Å²) in [5.41, 5.74) is 0. The SMILES string of the molecule is O.O=C(O)O.O=C(O)O.[O].[Zr]. The van der Waals surface area contributed by atoms with E-state index in [1.807, 2.05) is 0 Å². The average Bonchev–Trinajstić information content (AvgIpc) is 1.25. The molecule has 0 aliphatic rings. The monoisotopic (exact) mass is 248 g/mol. The van der Waals surface area contributed by atoms with Crippen molar-refractivity contribution in [3.8, 4) is 0 Å². The summed E-state index contributed by atoms with van der Waals surface area (Å²) >= 11 is 0. The van der Waals surface area contributed by atoms with E-state index in [1.165, 1.54) is 0 Å². The summed E-state index contributed by atoms with van der Waals surface area (Å²) in [6, 6.07) is 0. The molecule has 0 aliphatic heterocycles. The number of hydrogen-bond acceptors (Lipinski definition) is 2. The van der Waals surface area contributed by atoms with Crippen molar-refractivity contribution in [2.45, 2.75) is 0 Å². The molecule has 0 aromatic heterocycles. The second kappa shape index (κ2) is 22.8. The molecular weight excluding hydrogens is 243 g/mol. The minimum absolute atomic E-state index is 0. The van der Waals surface area contributed by atoms with Crippen molar-refractivity contribution in [2.24, 2.45) is 0 Å². The van der Waals surface area contributed by atoms with Gasteiger partial charge in [-0.3, -0.25) is 0 Å². The van der Waals surface area contributed by atoms with Gasteiger partial charge in [-0.2, -0.15) is 0 Å². The molecule has 0 rings (SSSR count). The molecule has 0 bridgehead atoms. The molecule has 0 saturated carbocycles. The fraction of sp³-hybridized carbons (Fsp3) is 0. The first-order valence-electron chi connectivity index (χ1n) is 1.30. The van der Waals surface area contributed by atoms with Crippen molar-refractivity contribution in [3.05, 3.63) is 0 Å². The molecule has 0 aliphatic carbocycles. The fourth-order valence-electron chi connectivity index (χ4n) is 0. The van der Waals surface area contributed by atoms with Crippen molar-refractivity contribution in [1.82, 2.24) is 0 Å². The fourth-order valence-corrected chi connectivity index (χ4v) is 0. The molecule has 11 heavy (non-hydrogen) atoms. The third kappa shape index (κ3) is 1170. The summed E-state index contributed by atoms with van der Waals surface area (Å²) in [5, 5.41) is 27.9. The Morgan fingerprint density at radius 1 is 0.818 bits per heavy atom. The zero-order valence-electron chi connectivity index (χ0n) is 5.01. The molecule has 0 saturated heterocycles. The van der Waals surface area contributed by atoms with Gasteiger partial charge >= 0.3 is 12.3 Å². The summed E-state index contributed by atoms with van der Waals surface area (Å²) < 4.78 is 0. The summed E-state index contributed by atoms with van der Waals surface area (Å²) in [5.74, 6) is 0. The molecule has 0 atom stereocenters. The zero-order valence-corrected chi connectivity index (χ0v) is 7.47. The van der Waals surface area contributed by atoms with Gasteiger partial charge in [-0.05, 0) is 0 Å². The van der Waals surface area contributed by atoms with Crippen molar-refractivity contribution < 1.29 is 67.2 Å². The van der Waals surface area contributed by atoms with Crippen LogP contribution in [0.1, 0.15) is 0 Å². The molecule has 0 aromatic carbocycles. The van der Waals surface area contributed by atoms with E-state index in [0.717, 1.165) is 0 Å². The maximum Gasteiger partial charge on any atom is 0.503 e. The van der Waals surface area contributed by atoms with Crippen LogP contribution in [0.4, 0.5) is 9.59 Å². The number of carboxylic acid groups (broad SMARTS) is 4. The maximum atomic E-state index is 8.56. The van der Waals surface area contributed by atoms with Crippen LogP contribution in [0, 0.1) is 0 Å². The molecule has 66 valence electrons. The molecule has 6 N–H and O–H groups in total. The van der Waals surface area contributed by atoms with Crippen LogP contribution in [-0.2, 0) is 31.7 Å². The van der Waals surface area contributed by atoms with E-state index in [0.29, 0.717) is 0 Å². The number of carbonyl (C=O) groups is 2. The molecule has 9 heteroatoms. The molecule has 0 unspecified atom stereocenters. The Hall–Kier alpha value is -0.657. The minimum atomic E-state index is -1.83. The molecule has 0 heterocycles. The van der Waals surface area contributed by atoms with Gasteiger partial charge in [-0.1, -0.05) is 0 Å². The van der Waals surface area contributed by atoms with Gasteiger partial charge in [-0.25, -0.2) is 9.59 Å². The quantitative estimate of drug-likeness (QED) is 0.449. The minimum Gasteiger partial charge on any atom is -0.450 e. The van der Waals surface area contributed by atoms with Crippen molar-refractivity contribution >= 4 is 12.3 Å². The van der Waals surface area contributed by atoms with Gasteiger partial charge in [0.15, 0.2) is 0 Å². The van der Waals surface area contributed by atoms with E-state index in [4.69, 9.17) is 30.0 Å². The summed E-state index contributed by atoms with van der Waals surface area (Å²) in [4.78, 5) is 17.1. The summed E-state index contributed by atoms with van der Waals surface area (Å²) in [6.07, 6.45) is -3.67. The predicted molar refractivity (Wildman–Crippen MR) is 25.6 cm³/mol. The standard InChI is InChI=1S/2CH2O3.H2O.O.Zr/c2*2-1(3)4;;;/h2*(H2,2,3,4);1H2;;. The molecular formula is C2H6O8Zr. The van der Waals surface area contributed by atoms with Crippen LogP contribution >= 0.6 is 0 Å².